The fraction of sp³-hybridized carbons (Fsp3) is 0.900. The Hall–Kier alpha value is -0.610. The molecule has 0 aromatic carbocycles. The van der Waals surface area contributed by atoms with Gasteiger partial charge in [-0.05, 0) is 20.8 Å². The first kappa shape index (κ1) is 11.5. The van der Waals surface area contributed by atoms with E-state index in [0.717, 1.165) is 26.2 Å². The molecule has 1 aliphatic heterocycles. The Morgan fingerprint density at radius 3 is 2.29 bits per heavy atom. The van der Waals surface area contributed by atoms with E-state index in [2.05, 4.69) is 4.90 Å². The van der Waals surface area contributed by atoms with E-state index >= 15 is 0 Å². The molecule has 0 atom stereocenters. The molecule has 0 saturated carbocycles. The Bertz CT molecular complexity index is 203. The lowest BCUT2D eigenvalue weighted by Gasteiger charge is -2.45. The molecule has 1 aliphatic rings. The zero-order chi connectivity index (χ0) is 10.8. The van der Waals surface area contributed by atoms with Crippen LogP contribution >= 0.6 is 0 Å². The first-order chi connectivity index (χ1) is 6.48. The van der Waals surface area contributed by atoms with E-state index in [-0.39, 0.29) is 11.4 Å². The molecule has 1 saturated heterocycles. The summed E-state index contributed by atoms with van der Waals surface area (Å²) in [4.78, 5) is 15.6. The Morgan fingerprint density at radius 2 is 1.93 bits per heavy atom. The van der Waals surface area contributed by atoms with Gasteiger partial charge in [0.2, 0.25) is 5.91 Å². The van der Waals surface area contributed by atoms with Gasteiger partial charge < -0.3 is 10.6 Å². The molecule has 0 bridgehead atoms. The van der Waals surface area contributed by atoms with Crippen LogP contribution in [-0.2, 0) is 4.79 Å². The molecule has 0 aliphatic carbocycles. The maximum absolute atomic E-state index is 11.7. The summed E-state index contributed by atoms with van der Waals surface area (Å²) in [5.74, 6) is 0.213. The van der Waals surface area contributed by atoms with Gasteiger partial charge in [0.25, 0.3) is 0 Å². The molecular weight excluding hydrogens is 178 g/mol. The molecular formula is C10H21N3O. The monoisotopic (exact) mass is 199 g/mol. The van der Waals surface area contributed by atoms with Crippen LogP contribution in [0.4, 0.5) is 0 Å². The molecule has 0 spiro atoms. The van der Waals surface area contributed by atoms with Crippen LogP contribution in [0.3, 0.4) is 0 Å². The van der Waals surface area contributed by atoms with E-state index in [1.165, 1.54) is 0 Å². The summed E-state index contributed by atoms with van der Waals surface area (Å²) in [5, 5.41) is 0. The number of hydrogen-bond donors (Lipinski definition) is 1. The van der Waals surface area contributed by atoms with Crippen molar-refractivity contribution in [1.29, 1.82) is 0 Å². The van der Waals surface area contributed by atoms with Gasteiger partial charge in [-0.1, -0.05) is 0 Å². The van der Waals surface area contributed by atoms with Crippen molar-refractivity contribution >= 4 is 5.91 Å². The number of carbonyl (C=O) groups excluding carboxylic acids is 1. The number of amides is 1. The largest absolute Gasteiger partial charge is 0.342 e. The van der Waals surface area contributed by atoms with Crippen molar-refractivity contribution < 1.29 is 4.79 Å². The van der Waals surface area contributed by atoms with Crippen LogP contribution < -0.4 is 5.73 Å². The van der Waals surface area contributed by atoms with Crippen LogP contribution in [-0.4, -0.2) is 54.0 Å². The predicted molar refractivity (Wildman–Crippen MR) is 57.0 cm³/mol. The molecule has 0 unspecified atom stereocenters. The zero-order valence-corrected chi connectivity index (χ0v) is 9.42. The highest BCUT2D eigenvalue weighted by Crippen LogP contribution is 2.16. The molecule has 1 amide bonds. The highest BCUT2D eigenvalue weighted by Gasteiger charge is 2.35. The van der Waals surface area contributed by atoms with E-state index in [1.807, 2.05) is 25.7 Å². The average Bonchev–Trinajstić information content (AvgIpc) is 2.03. The Morgan fingerprint density at radius 1 is 1.43 bits per heavy atom. The third-order valence-electron chi connectivity index (χ3n) is 2.64. The van der Waals surface area contributed by atoms with Crippen LogP contribution in [0.1, 0.15) is 20.8 Å². The van der Waals surface area contributed by atoms with Gasteiger partial charge in [-0.3, -0.25) is 9.69 Å². The maximum atomic E-state index is 11.7. The lowest BCUT2D eigenvalue weighted by molar-refractivity contribution is -0.133. The van der Waals surface area contributed by atoms with Crippen molar-refractivity contribution in [2.75, 3.05) is 32.7 Å². The third-order valence-corrected chi connectivity index (χ3v) is 2.64. The predicted octanol–water partition coefficient (Wildman–Crippen LogP) is -0.112. The number of likely N-dealkylation sites (tertiary alicyclic amines) is 1. The van der Waals surface area contributed by atoms with Crippen LogP contribution in [0.15, 0.2) is 0 Å². The maximum Gasteiger partial charge on any atom is 0.236 e. The Labute approximate surface area is 86.0 Å². The fourth-order valence-electron chi connectivity index (χ4n) is 1.95. The van der Waals surface area contributed by atoms with Crippen molar-refractivity contribution in [3.05, 3.63) is 0 Å². The fourth-order valence-corrected chi connectivity index (χ4v) is 1.95. The normalized spacial score (nSPS) is 20.3. The van der Waals surface area contributed by atoms with Crippen LogP contribution in [0.2, 0.25) is 0 Å². The van der Waals surface area contributed by atoms with Crippen LogP contribution in [0.5, 0.6) is 0 Å². The summed E-state index contributed by atoms with van der Waals surface area (Å²) in [6.07, 6.45) is 0. The second kappa shape index (κ2) is 4.28. The second-order valence-corrected chi connectivity index (χ2v) is 4.37. The topological polar surface area (TPSA) is 49.6 Å². The van der Waals surface area contributed by atoms with Crippen LogP contribution in [0.25, 0.3) is 0 Å². The van der Waals surface area contributed by atoms with Gasteiger partial charge in [0, 0.05) is 31.7 Å². The first-order valence-corrected chi connectivity index (χ1v) is 5.27. The van der Waals surface area contributed by atoms with Gasteiger partial charge in [0.15, 0.2) is 0 Å². The molecule has 4 nitrogen and oxygen atoms in total. The van der Waals surface area contributed by atoms with Gasteiger partial charge >= 0.3 is 0 Å². The highest BCUT2D eigenvalue weighted by atomic mass is 16.2. The van der Waals surface area contributed by atoms with Gasteiger partial charge in [0.1, 0.15) is 0 Å². The summed E-state index contributed by atoms with van der Waals surface area (Å²) in [7, 11) is 0. The van der Waals surface area contributed by atoms with E-state index < -0.39 is 0 Å². The van der Waals surface area contributed by atoms with Crippen molar-refractivity contribution in [2.45, 2.75) is 26.3 Å². The second-order valence-electron chi connectivity index (χ2n) is 4.37. The molecule has 2 N–H and O–H groups in total. The van der Waals surface area contributed by atoms with Crippen molar-refractivity contribution in [3.8, 4) is 0 Å². The highest BCUT2D eigenvalue weighted by molar-refractivity contribution is 5.78. The minimum atomic E-state index is -0.0798. The van der Waals surface area contributed by atoms with Crippen molar-refractivity contribution in [3.63, 3.8) is 0 Å². The van der Waals surface area contributed by atoms with E-state index in [0.29, 0.717) is 6.54 Å². The lowest BCUT2D eigenvalue weighted by atomic mass is 9.94. The van der Waals surface area contributed by atoms with Gasteiger partial charge in [-0.25, -0.2) is 0 Å². The number of carbonyl (C=O) groups is 1. The molecule has 1 rings (SSSR count). The molecule has 0 radical (unpaired) electrons. The smallest absolute Gasteiger partial charge is 0.236 e. The standard InChI is InChI=1S/C10H21N3O/c1-4-13(5-2)9(14)6-12-7-10(3,11)8-12/h4-8,11H2,1-3H3. The van der Waals surface area contributed by atoms with E-state index in [9.17, 15) is 4.79 Å². The molecule has 0 aromatic heterocycles. The third kappa shape index (κ3) is 2.69. The molecule has 0 aromatic rings. The SMILES string of the molecule is CCN(CC)C(=O)CN1CC(C)(N)C1. The Balaban J connectivity index is 2.28. The van der Waals surface area contributed by atoms with Gasteiger partial charge in [-0.15, -0.1) is 0 Å². The summed E-state index contributed by atoms with van der Waals surface area (Å²) >= 11 is 0. The summed E-state index contributed by atoms with van der Waals surface area (Å²) in [6.45, 7) is 9.81. The number of hydrogen-bond acceptors (Lipinski definition) is 3. The van der Waals surface area contributed by atoms with E-state index in [4.69, 9.17) is 5.73 Å². The number of rotatable bonds is 4. The van der Waals surface area contributed by atoms with Crippen molar-refractivity contribution in [1.82, 2.24) is 9.80 Å². The van der Waals surface area contributed by atoms with Gasteiger partial charge in [0.05, 0.1) is 6.54 Å². The number of likely N-dealkylation sites (N-methyl/N-ethyl adjacent to an activating group) is 1. The summed E-state index contributed by atoms with van der Waals surface area (Å²) < 4.78 is 0. The number of nitrogens with two attached hydrogens (primary N) is 1. The summed E-state index contributed by atoms with van der Waals surface area (Å²) in [6, 6.07) is 0. The van der Waals surface area contributed by atoms with Gasteiger partial charge in [-0.2, -0.15) is 0 Å². The Kier molecular flexibility index (Phi) is 3.50. The zero-order valence-electron chi connectivity index (χ0n) is 9.42. The quantitative estimate of drug-likeness (QED) is 0.687. The minimum Gasteiger partial charge on any atom is -0.342 e. The van der Waals surface area contributed by atoms with Crippen molar-refractivity contribution in [2.24, 2.45) is 5.73 Å². The molecule has 4 heteroatoms. The first-order valence-electron chi connectivity index (χ1n) is 5.27. The lowest BCUT2D eigenvalue weighted by Crippen LogP contribution is -2.66. The molecule has 14 heavy (non-hydrogen) atoms. The molecule has 1 heterocycles. The van der Waals surface area contributed by atoms with Crippen LogP contribution in [0, 0.1) is 0 Å². The molecule has 1 fully saturated rings. The minimum absolute atomic E-state index is 0.0798. The summed E-state index contributed by atoms with van der Waals surface area (Å²) in [5.41, 5.74) is 5.78. The molecule has 82 valence electrons. The average molecular weight is 199 g/mol. The number of nitrogens with zero attached hydrogens (tertiary/aromatic N) is 2. The van der Waals surface area contributed by atoms with E-state index in [1.54, 1.807) is 0 Å².